The van der Waals surface area contributed by atoms with E-state index in [9.17, 15) is 0 Å². The average molecular weight is 119 g/mol. The van der Waals surface area contributed by atoms with Gasteiger partial charge in [0.05, 0.1) is 6.07 Å². The minimum atomic E-state index is 0.465. The molecule has 9 heavy (non-hydrogen) atoms. The van der Waals surface area contributed by atoms with Crippen LogP contribution in [0.1, 0.15) is 6.92 Å². The maximum Gasteiger partial charge on any atom is 0.0985 e. The predicted octanol–water partition coefficient (Wildman–Crippen LogP) is 2.20. The van der Waals surface area contributed by atoms with Gasteiger partial charge in [0.2, 0.25) is 0 Å². The summed E-state index contributed by atoms with van der Waals surface area (Å²) >= 11 is 0. The molecule has 0 aromatic heterocycles. The topological polar surface area (TPSA) is 23.8 Å². The zero-order valence-electron chi connectivity index (χ0n) is 5.52. The van der Waals surface area contributed by atoms with E-state index >= 15 is 0 Å². The molecule has 0 aliphatic heterocycles. The van der Waals surface area contributed by atoms with Gasteiger partial charge in [0.1, 0.15) is 0 Å². The SMILES string of the molecule is C=C/C(C)=C\C(=C)C#N. The smallest absolute Gasteiger partial charge is 0.0985 e. The van der Waals surface area contributed by atoms with Gasteiger partial charge in [0, 0.05) is 5.57 Å². The number of rotatable bonds is 2. The van der Waals surface area contributed by atoms with Crippen molar-refractivity contribution in [1.82, 2.24) is 0 Å². The number of nitrogens with zero attached hydrogens (tertiary/aromatic N) is 1. The molecule has 0 radical (unpaired) electrons. The molecule has 0 rings (SSSR count). The van der Waals surface area contributed by atoms with Gasteiger partial charge >= 0.3 is 0 Å². The summed E-state index contributed by atoms with van der Waals surface area (Å²) in [4.78, 5) is 0. The number of allylic oxidation sites excluding steroid dienone is 4. The lowest BCUT2D eigenvalue weighted by Gasteiger charge is -1.85. The molecule has 0 N–H and O–H groups in total. The number of hydrogen-bond donors (Lipinski definition) is 0. The Hall–Kier alpha value is -1.29. The normalized spacial score (nSPS) is 10.0. The van der Waals surface area contributed by atoms with E-state index in [2.05, 4.69) is 13.2 Å². The van der Waals surface area contributed by atoms with Gasteiger partial charge in [-0.25, -0.2) is 0 Å². The zero-order chi connectivity index (χ0) is 7.28. The summed E-state index contributed by atoms with van der Waals surface area (Å²) in [5.41, 5.74) is 1.42. The van der Waals surface area contributed by atoms with E-state index in [1.54, 1.807) is 12.2 Å². The van der Waals surface area contributed by atoms with Gasteiger partial charge in [0.25, 0.3) is 0 Å². The Morgan fingerprint density at radius 3 is 2.56 bits per heavy atom. The van der Waals surface area contributed by atoms with E-state index in [1.807, 2.05) is 13.0 Å². The molecule has 0 atom stereocenters. The summed E-state index contributed by atoms with van der Waals surface area (Å²) in [6.07, 6.45) is 3.37. The highest BCUT2D eigenvalue weighted by Gasteiger charge is 1.82. The van der Waals surface area contributed by atoms with E-state index in [0.29, 0.717) is 5.57 Å². The summed E-state index contributed by atoms with van der Waals surface area (Å²) in [5, 5.41) is 8.25. The minimum absolute atomic E-state index is 0.465. The van der Waals surface area contributed by atoms with Crippen molar-refractivity contribution in [3.8, 4) is 6.07 Å². The lowest BCUT2D eigenvalue weighted by molar-refractivity contribution is 1.47. The van der Waals surface area contributed by atoms with E-state index in [0.717, 1.165) is 5.57 Å². The maximum absolute atomic E-state index is 8.25. The second kappa shape index (κ2) is 3.68. The minimum Gasteiger partial charge on any atom is -0.192 e. The van der Waals surface area contributed by atoms with Crippen molar-refractivity contribution < 1.29 is 0 Å². The lowest BCUT2D eigenvalue weighted by atomic mass is 10.2. The van der Waals surface area contributed by atoms with Gasteiger partial charge in [-0.05, 0) is 13.0 Å². The van der Waals surface area contributed by atoms with E-state index in [4.69, 9.17) is 5.26 Å². The molecule has 0 aliphatic carbocycles. The number of hydrogen-bond acceptors (Lipinski definition) is 1. The van der Waals surface area contributed by atoms with Gasteiger partial charge in [-0.2, -0.15) is 5.26 Å². The number of nitriles is 1. The Balaban J connectivity index is 4.16. The maximum atomic E-state index is 8.25. The van der Waals surface area contributed by atoms with Crippen LogP contribution < -0.4 is 0 Å². The molecule has 0 bridgehead atoms. The molecule has 46 valence electrons. The monoisotopic (exact) mass is 119 g/mol. The molecule has 0 aliphatic rings. The van der Waals surface area contributed by atoms with Gasteiger partial charge in [-0.3, -0.25) is 0 Å². The molecule has 1 heteroatoms. The highest BCUT2D eigenvalue weighted by atomic mass is 14.2. The Morgan fingerprint density at radius 1 is 1.67 bits per heavy atom. The van der Waals surface area contributed by atoms with Gasteiger partial charge < -0.3 is 0 Å². The second-order valence-electron chi connectivity index (χ2n) is 1.73. The summed E-state index contributed by atoms with van der Waals surface area (Å²) < 4.78 is 0. The zero-order valence-corrected chi connectivity index (χ0v) is 5.52. The Bertz CT molecular complexity index is 191. The largest absolute Gasteiger partial charge is 0.192 e. The first kappa shape index (κ1) is 7.71. The van der Waals surface area contributed by atoms with Crippen molar-refractivity contribution in [3.63, 3.8) is 0 Å². The molecular formula is C8H9N. The van der Waals surface area contributed by atoms with Crippen LogP contribution in [0.5, 0.6) is 0 Å². The van der Waals surface area contributed by atoms with Gasteiger partial charge in [0.15, 0.2) is 0 Å². The molecule has 0 spiro atoms. The third-order valence-electron chi connectivity index (χ3n) is 0.867. The fraction of sp³-hybridized carbons (Fsp3) is 0.125. The van der Waals surface area contributed by atoms with Crippen molar-refractivity contribution in [2.24, 2.45) is 0 Å². The lowest BCUT2D eigenvalue weighted by Crippen LogP contribution is -1.69. The van der Waals surface area contributed by atoms with Crippen LogP contribution >= 0.6 is 0 Å². The first-order valence-electron chi connectivity index (χ1n) is 2.60. The molecule has 0 aromatic carbocycles. The molecule has 0 saturated carbocycles. The van der Waals surface area contributed by atoms with Crippen molar-refractivity contribution >= 4 is 0 Å². The van der Waals surface area contributed by atoms with Gasteiger partial charge in [-0.1, -0.05) is 24.8 Å². The summed E-state index contributed by atoms with van der Waals surface area (Å²) in [6, 6.07) is 1.91. The quantitative estimate of drug-likeness (QED) is 0.404. The first-order valence-corrected chi connectivity index (χ1v) is 2.60. The molecule has 0 saturated heterocycles. The van der Waals surface area contributed by atoms with Crippen LogP contribution in [0.3, 0.4) is 0 Å². The summed E-state index contributed by atoms with van der Waals surface area (Å²) in [5.74, 6) is 0. The van der Waals surface area contributed by atoms with Crippen LogP contribution in [0, 0.1) is 11.3 Å². The fourth-order valence-corrected chi connectivity index (χ4v) is 0.366. The van der Waals surface area contributed by atoms with Crippen molar-refractivity contribution in [2.45, 2.75) is 6.92 Å². The molecule has 1 nitrogen and oxygen atoms in total. The Labute approximate surface area is 55.6 Å². The fourth-order valence-electron chi connectivity index (χ4n) is 0.366. The molecule has 0 heterocycles. The van der Waals surface area contributed by atoms with Gasteiger partial charge in [-0.15, -0.1) is 0 Å². The predicted molar refractivity (Wildman–Crippen MR) is 38.7 cm³/mol. The van der Waals surface area contributed by atoms with Crippen molar-refractivity contribution in [1.29, 1.82) is 5.26 Å². The van der Waals surface area contributed by atoms with E-state index in [1.165, 1.54) is 0 Å². The van der Waals surface area contributed by atoms with Crippen LogP contribution in [0.4, 0.5) is 0 Å². The Kier molecular flexibility index (Phi) is 3.15. The van der Waals surface area contributed by atoms with Crippen LogP contribution in [0.25, 0.3) is 0 Å². The second-order valence-corrected chi connectivity index (χ2v) is 1.73. The van der Waals surface area contributed by atoms with Crippen LogP contribution in [0.2, 0.25) is 0 Å². The van der Waals surface area contributed by atoms with Crippen molar-refractivity contribution in [2.75, 3.05) is 0 Å². The highest BCUT2D eigenvalue weighted by molar-refractivity contribution is 5.34. The molecule has 0 amide bonds. The van der Waals surface area contributed by atoms with Crippen LogP contribution in [0.15, 0.2) is 36.5 Å². The van der Waals surface area contributed by atoms with Crippen LogP contribution in [-0.4, -0.2) is 0 Å². The highest BCUT2D eigenvalue weighted by Crippen LogP contribution is 1.98. The first-order chi connectivity index (χ1) is 4.20. The molecule has 0 unspecified atom stereocenters. The molecular weight excluding hydrogens is 110 g/mol. The summed E-state index contributed by atoms with van der Waals surface area (Å²) in [7, 11) is 0. The molecule has 0 aromatic rings. The van der Waals surface area contributed by atoms with Crippen molar-refractivity contribution in [3.05, 3.63) is 36.5 Å². The summed E-state index contributed by atoms with van der Waals surface area (Å²) in [6.45, 7) is 8.88. The third kappa shape index (κ3) is 3.31. The standard InChI is InChI=1S/C8H9N/c1-4-7(2)5-8(3)6-9/h4-5H,1,3H2,2H3/b7-5-. The van der Waals surface area contributed by atoms with E-state index < -0.39 is 0 Å². The van der Waals surface area contributed by atoms with Crippen LogP contribution in [-0.2, 0) is 0 Å². The molecule has 0 fully saturated rings. The van der Waals surface area contributed by atoms with E-state index in [-0.39, 0.29) is 0 Å². The third-order valence-corrected chi connectivity index (χ3v) is 0.867. The average Bonchev–Trinajstić information content (AvgIpc) is 1.87. The Morgan fingerprint density at radius 2 is 2.22 bits per heavy atom.